The van der Waals surface area contributed by atoms with Crippen molar-refractivity contribution in [2.45, 2.75) is 0 Å². The van der Waals surface area contributed by atoms with Crippen LogP contribution in [0.15, 0.2) is 211 Å². The largest absolute Gasteiger partial charge is 0.454 e. The normalized spacial score (nSPS) is 12.1. The average molecular weight is 815 g/mol. The van der Waals surface area contributed by atoms with Gasteiger partial charge in [0.1, 0.15) is 5.58 Å². The summed E-state index contributed by atoms with van der Waals surface area (Å²) >= 11 is 0. The Labute approximate surface area is 366 Å². The second-order valence-electron chi connectivity index (χ2n) is 16.7. The van der Waals surface area contributed by atoms with E-state index in [0.29, 0.717) is 17.5 Å². The molecule has 64 heavy (non-hydrogen) atoms. The van der Waals surface area contributed by atoms with E-state index in [1.54, 1.807) is 0 Å². The highest BCUT2D eigenvalue weighted by atomic mass is 16.3. The zero-order chi connectivity index (χ0) is 41.9. The number of aromatic nitrogens is 4. The van der Waals surface area contributed by atoms with Crippen LogP contribution in [0, 0.1) is 0 Å². The quantitative estimate of drug-likeness (QED) is 0.166. The first kappa shape index (κ1) is 35.0. The van der Waals surface area contributed by atoms with Crippen LogP contribution < -0.4 is 0 Å². The van der Waals surface area contributed by atoms with E-state index in [9.17, 15) is 0 Å². The molecule has 5 heteroatoms. The zero-order valence-corrected chi connectivity index (χ0v) is 34.3. The van der Waals surface area contributed by atoms with Gasteiger partial charge in [-0.3, -0.25) is 0 Å². The smallest absolute Gasteiger partial charge is 0.164 e. The molecular weight excluding hydrogens is 781 g/mol. The highest BCUT2D eigenvalue weighted by Crippen LogP contribution is 2.44. The van der Waals surface area contributed by atoms with Gasteiger partial charge in [-0.2, -0.15) is 0 Å². The molecule has 5 nitrogen and oxygen atoms in total. The number of fused-ring (bicyclic) bond motifs is 12. The van der Waals surface area contributed by atoms with Gasteiger partial charge in [0.05, 0.1) is 16.7 Å². The van der Waals surface area contributed by atoms with Crippen molar-refractivity contribution >= 4 is 97.6 Å². The fourth-order valence-corrected chi connectivity index (χ4v) is 10.2. The van der Waals surface area contributed by atoms with Gasteiger partial charge in [-0.25, -0.2) is 15.0 Å². The van der Waals surface area contributed by atoms with Crippen LogP contribution in [0.5, 0.6) is 0 Å². The number of furan rings is 1. The maximum atomic E-state index is 7.04. The minimum atomic E-state index is 0.576. The highest BCUT2D eigenvalue weighted by Gasteiger charge is 2.24. The van der Waals surface area contributed by atoms with E-state index in [-0.39, 0.29) is 0 Å². The van der Waals surface area contributed by atoms with E-state index in [2.05, 4.69) is 205 Å². The topological polar surface area (TPSA) is 56.7 Å². The SMILES string of the molecule is c1ccc2cc3c(cc2c1)c1cc2ccccc2cc1n3-c1ccc(-c2nc(-c3cccc4ccccc34)nc(-c3cc4ccccc4c4ccccc34)n2)c2c1oc1ccccc12. The van der Waals surface area contributed by atoms with Crippen LogP contribution in [0.2, 0.25) is 0 Å². The Morgan fingerprint density at radius 3 is 1.50 bits per heavy atom. The number of benzene rings is 11. The number of hydrogen-bond acceptors (Lipinski definition) is 4. The van der Waals surface area contributed by atoms with Crippen LogP contribution >= 0.6 is 0 Å². The zero-order valence-electron chi connectivity index (χ0n) is 34.3. The molecule has 3 heterocycles. The van der Waals surface area contributed by atoms with Gasteiger partial charge in [0, 0.05) is 38.2 Å². The molecule has 0 aliphatic rings. The van der Waals surface area contributed by atoms with Crippen molar-refractivity contribution in [1.29, 1.82) is 0 Å². The second kappa shape index (κ2) is 13.4. The van der Waals surface area contributed by atoms with Crippen LogP contribution in [0.4, 0.5) is 0 Å². The molecule has 14 rings (SSSR count). The maximum absolute atomic E-state index is 7.04. The van der Waals surface area contributed by atoms with Crippen molar-refractivity contribution < 1.29 is 4.42 Å². The minimum absolute atomic E-state index is 0.576. The van der Waals surface area contributed by atoms with E-state index < -0.39 is 0 Å². The fraction of sp³-hybridized carbons (Fsp3) is 0. The van der Waals surface area contributed by atoms with Gasteiger partial charge in [0.25, 0.3) is 0 Å². The third-order valence-electron chi connectivity index (χ3n) is 13.2. The van der Waals surface area contributed by atoms with Gasteiger partial charge in [0.2, 0.25) is 0 Å². The van der Waals surface area contributed by atoms with Crippen LogP contribution in [0.3, 0.4) is 0 Å². The van der Waals surface area contributed by atoms with Gasteiger partial charge in [-0.05, 0) is 102 Å². The molecule has 0 N–H and O–H groups in total. The predicted octanol–water partition coefficient (Wildman–Crippen LogP) is 15.6. The third kappa shape index (κ3) is 5.15. The maximum Gasteiger partial charge on any atom is 0.164 e. The van der Waals surface area contributed by atoms with Crippen molar-refractivity contribution in [2.24, 2.45) is 0 Å². The Hall–Kier alpha value is -8.67. The van der Waals surface area contributed by atoms with Crippen LogP contribution in [-0.2, 0) is 0 Å². The van der Waals surface area contributed by atoms with Crippen molar-refractivity contribution in [2.75, 3.05) is 0 Å². The Balaban J connectivity index is 1.09. The van der Waals surface area contributed by atoms with E-state index >= 15 is 0 Å². The first-order valence-corrected chi connectivity index (χ1v) is 21.7. The summed E-state index contributed by atoms with van der Waals surface area (Å²) in [6, 6.07) is 73.3. The Morgan fingerprint density at radius 2 is 0.812 bits per heavy atom. The van der Waals surface area contributed by atoms with E-state index in [1.165, 1.54) is 37.7 Å². The first-order chi connectivity index (χ1) is 31.7. The lowest BCUT2D eigenvalue weighted by Gasteiger charge is -2.14. The van der Waals surface area contributed by atoms with Gasteiger partial charge in [-0.1, -0.05) is 158 Å². The van der Waals surface area contributed by atoms with Crippen molar-refractivity contribution in [3.05, 3.63) is 206 Å². The molecule has 0 unspecified atom stereocenters. The van der Waals surface area contributed by atoms with Gasteiger partial charge < -0.3 is 8.98 Å². The van der Waals surface area contributed by atoms with Crippen molar-refractivity contribution in [1.82, 2.24) is 19.5 Å². The molecule has 0 spiro atoms. The average Bonchev–Trinajstić information content (AvgIpc) is 3.89. The molecule has 0 amide bonds. The molecule has 0 atom stereocenters. The van der Waals surface area contributed by atoms with Crippen molar-refractivity contribution in [3.63, 3.8) is 0 Å². The van der Waals surface area contributed by atoms with Gasteiger partial charge in [-0.15, -0.1) is 0 Å². The second-order valence-corrected chi connectivity index (χ2v) is 16.7. The Kier molecular flexibility index (Phi) is 7.33. The molecule has 11 aromatic carbocycles. The van der Waals surface area contributed by atoms with Crippen LogP contribution in [0.1, 0.15) is 0 Å². The highest BCUT2D eigenvalue weighted by molar-refractivity contribution is 6.20. The van der Waals surface area contributed by atoms with E-state index in [0.717, 1.165) is 82.3 Å². The van der Waals surface area contributed by atoms with Crippen LogP contribution in [-0.4, -0.2) is 19.5 Å². The van der Waals surface area contributed by atoms with Gasteiger partial charge >= 0.3 is 0 Å². The lowest BCUT2D eigenvalue weighted by molar-refractivity contribution is 0.666. The molecule has 0 bridgehead atoms. The molecule has 296 valence electrons. The molecule has 0 aliphatic heterocycles. The molecule has 14 aromatic rings. The molecule has 0 saturated carbocycles. The summed E-state index contributed by atoms with van der Waals surface area (Å²) in [5.41, 5.74) is 7.51. The van der Waals surface area contributed by atoms with Gasteiger partial charge in [0.15, 0.2) is 23.1 Å². The predicted molar refractivity (Wildman–Crippen MR) is 265 cm³/mol. The molecule has 0 radical (unpaired) electrons. The minimum Gasteiger partial charge on any atom is -0.454 e. The molecule has 0 saturated heterocycles. The molecular formula is C59H34N4O. The van der Waals surface area contributed by atoms with Crippen molar-refractivity contribution in [3.8, 4) is 39.9 Å². The standard InChI is InChI=1S/C59H34N4O/c1-3-17-38-33-52-48(30-36(38)15-1)49-31-37-16-2-4-18-39(37)34-53(49)63(52)51-29-28-47(55-46-25-11-12-27-54(46)64-56(51)55)58-60-57(45-26-13-20-35-14-5-7-21-41(35)45)61-59(62-58)50-32-40-19-6-8-22-42(40)43-23-9-10-24-44(43)50/h1-34H. The Morgan fingerprint density at radius 1 is 0.312 bits per heavy atom. The summed E-state index contributed by atoms with van der Waals surface area (Å²) in [4.78, 5) is 16.2. The molecule has 0 aliphatic carbocycles. The number of para-hydroxylation sites is 1. The molecule has 3 aromatic heterocycles. The van der Waals surface area contributed by atoms with E-state index in [1.807, 2.05) is 6.07 Å². The monoisotopic (exact) mass is 814 g/mol. The van der Waals surface area contributed by atoms with E-state index in [4.69, 9.17) is 19.4 Å². The molecule has 0 fully saturated rings. The van der Waals surface area contributed by atoms with Crippen LogP contribution in [0.25, 0.3) is 137 Å². The lowest BCUT2D eigenvalue weighted by atomic mass is 9.96. The summed E-state index contributed by atoms with van der Waals surface area (Å²) in [5, 5.41) is 15.9. The Bertz CT molecular complexity index is 4180. The third-order valence-corrected chi connectivity index (χ3v) is 13.2. The summed E-state index contributed by atoms with van der Waals surface area (Å²) in [6.07, 6.45) is 0. The number of nitrogens with zero attached hydrogens (tertiary/aromatic N) is 4. The fourth-order valence-electron chi connectivity index (χ4n) is 10.2. The number of rotatable bonds is 4. The summed E-state index contributed by atoms with van der Waals surface area (Å²) in [7, 11) is 0. The summed E-state index contributed by atoms with van der Waals surface area (Å²) in [5.74, 6) is 1.80. The summed E-state index contributed by atoms with van der Waals surface area (Å²) < 4.78 is 9.43. The summed E-state index contributed by atoms with van der Waals surface area (Å²) in [6.45, 7) is 0. The number of hydrogen-bond donors (Lipinski definition) is 0. The first-order valence-electron chi connectivity index (χ1n) is 21.7. The lowest BCUT2D eigenvalue weighted by Crippen LogP contribution is -2.02.